The van der Waals surface area contributed by atoms with Gasteiger partial charge in [-0.05, 0) is 61.4 Å². The second-order valence-corrected chi connectivity index (χ2v) is 7.53. The van der Waals surface area contributed by atoms with Crippen molar-refractivity contribution in [3.05, 3.63) is 70.0 Å². The second-order valence-electron chi connectivity index (χ2n) is 7.53. The molecule has 2 aromatic carbocycles. The molecule has 0 N–H and O–H groups in total. The van der Waals surface area contributed by atoms with Gasteiger partial charge in [-0.3, -0.25) is 4.79 Å². The van der Waals surface area contributed by atoms with Gasteiger partial charge in [-0.2, -0.15) is 0 Å². The molecular weight excluding hydrogens is 413 g/mol. The summed E-state index contributed by atoms with van der Waals surface area (Å²) in [6, 6.07) is 7.89. The molecule has 0 radical (unpaired) electrons. The van der Waals surface area contributed by atoms with Crippen molar-refractivity contribution in [1.29, 1.82) is 0 Å². The molecule has 2 aliphatic rings. The van der Waals surface area contributed by atoms with Crippen LogP contribution in [0.1, 0.15) is 34.8 Å². The van der Waals surface area contributed by atoms with E-state index in [1.807, 2.05) is 12.1 Å². The van der Waals surface area contributed by atoms with Crippen LogP contribution in [0, 0.1) is 17.5 Å². The molecule has 4 rings (SSSR count). The first-order chi connectivity index (χ1) is 14.0. The number of halogens is 4. The van der Waals surface area contributed by atoms with Gasteiger partial charge in [0, 0.05) is 48.6 Å². The number of nitrogens with zero attached hydrogens (tertiary/aromatic N) is 2. The molecule has 0 bridgehead atoms. The van der Waals surface area contributed by atoms with Gasteiger partial charge in [0.15, 0.2) is 23.2 Å². The first kappa shape index (κ1) is 22.4. The minimum Gasteiger partial charge on any atom is -0.369 e. The van der Waals surface area contributed by atoms with Gasteiger partial charge in [0.2, 0.25) is 0 Å². The number of carbonyl (C=O) groups excluding carboxylic acids is 1. The van der Waals surface area contributed by atoms with Crippen molar-refractivity contribution in [1.82, 2.24) is 4.90 Å². The Balaban J connectivity index is 0.00000256. The lowest BCUT2D eigenvalue weighted by molar-refractivity contribution is 0.102. The highest BCUT2D eigenvalue weighted by Crippen LogP contribution is 2.31. The maximum absolute atomic E-state index is 14.0. The first-order valence-electron chi connectivity index (χ1n) is 9.97. The van der Waals surface area contributed by atoms with Crippen LogP contribution < -0.4 is 4.90 Å². The third-order valence-corrected chi connectivity index (χ3v) is 5.87. The Kier molecular flexibility index (Phi) is 6.88. The highest BCUT2D eigenvalue weighted by Gasteiger charge is 2.24. The standard InChI is InChI=1S/C23H23F3N2O.ClH/c1-2-27-9-11-28(12-10-27)18-6-7-19-15(14-18)3-4-17(23(19)29)13-16-5-8-20(24)22(26)21(16)25;/h5-8,13-14H,2-4,9-12H2,1H3;1H/b17-13+;. The van der Waals surface area contributed by atoms with E-state index in [9.17, 15) is 18.0 Å². The molecule has 30 heavy (non-hydrogen) atoms. The van der Waals surface area contributed by atoms with Gasteiger partial charge in [0.05, 0.1) is 0 Å². The molecule has 0 unspecified atom stereocenters. The van der Waals surface area contributed by atoms with E-state index in [1.54, 1.807) is 0 Å². The number of likely N-dealkylation sites (N-methyl/N-ethyl adjacent to an activating group) is 1. The van der Waals surface area contributed by atoms with Gasteiger partial charge < -0.3 is 9.80 Å². The Morgan fingerprint density at radius 3 is 2.40 bits per heavy atom. The topological polar surface area (TPSA) is 23.6 Å². The van der Waals surface area contributed by atoms with E-state index >= 15 is 0 Å². The van der Waals surface area contributed by atoms with E-state index < -0.39 is 17.5 Å². The average molecular weight is 437 g/mol. The zero-order valence-electron chi connectivity index (χ0n) is 16.8. The molecule has 2 aromatic rings. The lowest BCUT2D eigenvalue weighted by Crippen LogP contribution is -2.46. The van der Waals surface area contributed by atoms with Crippen LogP contribution in [-0.4, -0.2) is 43.4 Å². The van der Waals surface area contributed by atoms with Gasteiger partial charge in [0.1, 0.15) is 0 Å². The molecule has 7 heteroatoms. The predicted molar refractivity (Wildman–Crippen MR) is 115 cm³/mol. The molecule has 0 amide bonds. The molecule has 160 valence electrons. The fraction of sp³-hybridized carbons (Fsp3) is 0.348. The fourth-order valence-electron chi connectivity index (χ4n) is 4.06. The summed E-state index contributed by atoms with van der Waals surface area (Å²) in [5, 5.41) is 0. The van der Waals surface area contributed by atoms with Crippen LogP contribution in [0.2, 0.25) is 0 Å². The summed E-state index contributed by atoms with van der Waals surface area (Å²) in [6.07, 6.45) is 2.43. The van der Waals surface area contributed by atoms with E-state index in [4.69, 9.17) is 0 Å². The summed E-state index contributed by atoms with van der Waals surface area (Å²) in [7, 11) is 0. The normalized spacial score (nSPS) is 18.3. The van der Waals surface area contributed by atoms with Crippen molar-refractivity contribution in [3.63, 3.8) is 0 Å². The molecule has 3 nitrogen and oxygen atoms in total. The number of hydrogen-bond acceptors (Lipinski definition) is 3. The fourth-order valence-corrected chi connectivity index (χ4v) is 4.06. The van der Waals surface area contributed by atoms with Crippen molar-refractivity contribution >= 4 is 30.0 Å². The third kappa shape index (κ3) is 4.25. The van der Waals surface area contributed by atoms with Gasteiger partial charge in [0.25, 0.3) is 0 Å². The van der Waals surface area contributed by atoms with Crippen LogP contribution >= 0.6 is 12.4 Å². The molecule has 1 aliphatic carbocycles. The zero-order chi connectivity index (χ0) is 20.5. The largest absolute Gasteiger partial charge is 0.369 e. The number of piperazine rings is 1. The van der Waals surface area contributed by atoms with E-state index in [-0.39, 0.29) is 23.8 Å². The lowest BCUT2D eigenvalue weighted by atomic mass is 9.85. The van der Waals surface area contributed by atoms with E-state index in [0.29, 0.717) is 24.0 Å². The summed E-state index contributed by atoms with van der Waals surface area (Å²) in [4.78, 5) is 17.6. The maximum Gasteiger partial charge on any atom is 0.195 e. The lowest BCUT2D eigenvalue weighted by Gasteiger charge is -2.36. The highest BCUT2D eigenvalue weighted by atomic mass is 35.5. The van der Waals surface area contributed by atoms with Crippen LogP contribution in [0.3, 0.4) is 0 Å². The number of rotatable bonds is 3. The number of allylic oxidation sites excluding steroid dienone is 1. The molecule has 0 aromatic heterocycles. The number of Topliss-reactive ketones (excluding diaryl/α,β-unsaturated/α-hetero) is 1. The monoisotopic (exact) mass is 436 g/mol. The van der Waals surface area contributed by atoms with Crippen molar-refractivity contribution in [3.8, 4) is 0 Å². The van der Waals surface area contributed by atoms with Crippen LogP contribution in [0.25, 0.3) is 6.08 Å². The Bertz CT molecular complexity index is 985. The van der Waals surface area contributed by atoms with Gasteiger partial charge >= 0.3 is 0 Å². The van der Waals surface area contributed by atoms with Crippen molar-refractivity contribution < 1.29 is 18.0 Å². The maximum atomic E-state index is 14.0. The molecule has 0 spiro atoms. The summed E-state index contributed by atoms with van der Waals surface area (Å²) < 4.78 is 40.6. The number of fused-ring (bicyclic) bond motifs is 1. The smallest absolute Gasteiger partial charge is 0.195 e. The first-order valence-corrected chi connectivity index (χ1v) is 9.97. The minimum absolute atomic E-state index is 0. The molecule has 1 saturated heterocycles. The number of ketones is 1. The van der Waals surface area contributed by atoms with Crippen molar-refractivity contribution in [2.75, 3.05) is 37.6 Å². The minimum atomic E-state index is -1.52. The molecule has 0 atom stereocenters. The van der Waals surface area contributed by atoms with Crippen LogP contribution in [0.15, 0.2) is 35.9 Å². The number of benzene rings is 2. The van der Waals surface area contributed by atoms with E-state index in [2.05, 4.69) is 22.8 Å². The summed E-state index contributed by atoms with van der Waals surface area (Å²) in [5.41, 5.74) is 2.99. The zero-order valence-corrected chi connectivity index (χ0v) is 17.6. The predicted octanol–water partition coefficient (Wildman–Crippen LogP) is 4.88. The van der Waals surface area contributed by atoms with Crippen LogP contribution in [0.4, 0.5) is 18.9 Å². The van der Waals surface area contributed by atoms with Gasteiger partial charge in [-0.25, -0.2) is 13.2 Å². The average Bonchev–Trinajstić information content (AvgIpc) is 2.75. The molecule has 0 saturated carbocycles. The Hall–Kier alpha value is -2.31. The van der Waals surface area contributed by atoms with Crippen LogP contribution in [0.5, 0.6) is 0 Å². The second kappa shape index (κ2) is 9.23. The molecule has 1 fully saturated rings. The summed E-state index contributed by atoms with van der Waals surface area (Å²) in [5.74, 6) is -4.21. The summed E-state index contributed by atoms with van der Waals surface area (Å²) >= 11 is 0. The van der Waals surface area contributed by atoms with Gasteiger partial charge in [-0.15, -0.1) is 12.4 Å². The SMILES string of the molecule is CCN1CCN(c2ccc3c(c2)CC/C(=C\c2ccc(F)c(F)c2F)C3=O)CC1.Cl. The van der Waals surface area contributed by atoms with Gasteiger partial charge in [-0.1, -0.05) is 6.92 Å². The Labute approximate surface area is 180 Å². The number of carbonyl (C=O) groups is 1. The molecular formula is C23H24ClF3N2O. The number of anilines is 1. The van der Waals surface area contributed by atoms with E-state index in [0.717, 1.165) is 56.1 Å². The van der Waals surface area contributed by atoms with Crippen molar-refractivity contribution in [2.24, 2.45) is 0 Å². The molecule has 1 heterocycles. The summed E-state index contributed by atoms with van der Waals surface area (Å²) in [6.45, 7) is 7.19. The molecule has 1 aliphatic heterocycles. The Morgan fingerprint density at radius 1 is 0.967 bits per heavy atom. The van der Waals surface area contributed by atoms with Crippen LogP contribution in [-0.2, 0) is 6.42 Å². The third-order valence-electron chi connectivity index (χ3n) is 5.87. The van der Waals surface area contributed by atoms with Crippen molar-refractivity contribution in [2.45, 2.75) is 19.8 Å². The Morgan fingerprint density at radius 2 is 1.70 bits per heavy atom. The number of aryl methyl sites for hydroxylation is 1. The number of hydrogen-bond donors (Lipinski definition) is 0. The van der Waals surface area contributed by atoms with E-state index in [1.165, 1.54) is 6.08 Å². The highest BCUT2D eigenvalue weighted by molar-refractivity contribution is 6.13. The quantitative estimate of drug-likeness (QED) is 0.506.